The molecule has 0 amide bonds. The van der Waals surface area contributed by atoms with Gasteiger partial charge in [0.25, 0.3) is 6.71 Å². The Bertz CT molecular complexity index is 3740. The molecule has 77 heavy (non-hydrogen) atoms. The lowest BCUT2D eigenvalue weighted by Crippen LogP contribution is -2.61. The van der Waals surface area contributed by atoms with Crippen LogP contribution in [0.15, 0.2) is 158 Å². The molecule has 0 aromatic heterocycles. The molecule has 388 valence electrons. The van der Waals surface area contributed by atoms with E-state index in [1.807, 2.05) is 0 Å². The number of rotatable bonds is 6. The number of nitrogens with zero attached hydrogens (tertiary/aromatic N) is 2. The number of anilines is 6. The van der Waals surface area contributed by atoms with Crippen LogP contribution in [0.2, 0.25) is 0 Å². The van der Waals surface area contributed by atoms with Crippen molar-refractivity contribution in [1.29, 1.82) is 0 Å². The fourth-order valence-electron chi connectivity index (χ4n) is 14.9. The SMILES string of the molecule is Cc1cc2c3c(c1)N(c1ccc(C(C)(C)C)cc1-c1ccc4c(c1)C(C)(C)CC4(C)C)c1cc4c(cc1B3c1cc(/C(=C\c3ccccc3)c3ccccc3)ccc1N2c1ccc(C(C)(C)C)cc1C)C(C)(C)CC4(C)C. The highest BCUT2D eigenvalue weighted by molar-refractivity contribution is 7.00. The Hall–Kier alpha value is -6.84. The van der Waals surface area contributed by atoms with E-state index in [0.29, 0.717) is 0 Å². The van der Waals surface area contributed by atoms with Crippen molar-refractivity contribution in [3.8, 4) is 11.1 Å². The fourth-order valence-corrected chi connectivity index (χ4v) is 14.9. The topological polar surface area (TPSA) is 6.48 Å². The fraction of sp³-hybridized carbons (Fsp3) is 0.324. The Balaban J connectivity index is 1.20. The van der Waals surface area contributed by atoms with Gasteiger partial charge in [-0.15, -0.1) is 0 Å². The van der Waals surface area contributed by atoms with Crippen LogP contribution in [0.1, 0.15) is 171 Å². The third kappa shape index (κ3) is 8.36. The van der Waals surface area contributed by atoms with E-state index >= 15 is 0 Å². The molecule has 0 N–H and O–H groups in total. The van der Waals surface area contributed by atoms with Crippen molar-refractivity contribution in [2.75, 3.05) is 9.80 Å². The van der Waals surface area contributed by atoms with Gasteiger partial charge in [-0.05, 0) is 196 Å². The lowest BCUT2D eigenvalue weighted by Gasteiger charge is -2.46. The summed E-state index contributed by atoms with van der Waals surface area (Å²) in [5, 5.41) is 0. The van der Waals surface area contributed by atoms with Crippen LogP contribution in [0.3, 0.4) is 0 Å². The van der Waals surface area contributed by atoms with Crippen molar-refractivity contribution in [3.05, 3.63) is 219 Å². The first-order valence-corrected chi connectivity index (χ1v) is 28.5. The lowest BCUT2D eigenvalue weighted by molar-refractivity contribution is 0.403. The number of fused-ring (bicyclic) bond motifs is 6. The maximum Gasteiger partial charge on any atom is 0.252 e. The predicted molar refractivity (Wildman–Crippen MR) is 334 cm³/mol. The molecular formula is C74H79BN2. The summed E-state index contributed by atoms with van der Waals surface area (Å²) < 4.78 is 0. The van der Waals surface area contributed by atoms with Gasteiger partial charge in [0.05, 0.1) is 5.69 Å². The van der Waals surface area contributed by atoms with Crippen LogP contribution in [-0.2, 0) is 32.5 Å². The molecule has 0 saturated heterocycles. The van der Waals surface area contributed by atoms with Gasteiger partial charge in [-0.1, -0.05) is 212 Å². The summed E-state index contributed by atoms with van der Waals surface area (Å²) in [5.74, 6) is 0. The average Bonchev–Trinajstić information content (AvgIpc) is 3.94. The van der Waals surface area contributed by atoms with Gasteiger partial charge in [0.15, 0.2) is 0 Å². The van der Waals surface area contributed by atoms with Gasteiger partial charge in [-0.25, -0.2) is 0 Å². The summed E-state index contributed by atoms with van der Waals surface area (Å²) in [6.07, 6.45) is 4.61. The Morgan fingerprint density at radius 1 is 0.442 bits per heavy atom. The summed E-state index contributed by atoms with van der Waals surface area (Å²) >= 11 is 0. The summed E-state index contributed by atoms with van der Waals surface area (Å²) in [4.78, 5) is 5.35. The first-order chi connectivity index (χ1) is 36.2. The maximum atomic E-state index is 2.72. The molecule has 0 bridgehead atoms. The van der Waals surface area contributed by atoms with Crippen LogP contribution >= 0.6 is 0 Å². The first kappa shape index (κ1) is 51.0. The van der Waals surface area contributed by atoms with E-state index in [2.05, 4.69) is 284 Å². The van der Waals surface area contributed by atoms with Crippen LogP contribution in [-0.4, -0.2) is 6.71 Å². The third-order valence-electron chi connectivity index (χ3n) is 18.3. The number of aryl methyl sites for hydroxylation is 2. The van der Waals surface area contributed by atoms with Gasteiger partial charge >= 0.3 is 0 Å². The van der Waals surface area contributed by atoms with Gasteiger partial charge in [0.1, 0.15) is 0 Å². The van der Waals surface area contributed by atoms with Crippen molar-refractivity contribution >= 4 is 68.9 Å². The van der Waals surface area contributed by atoms with Crippen molar-refractivity contribution in [3.63, 3.8) is 0 Å². The third-order valence-corrected chi connectivity index (χ3v) is 18.3. The van der Waals surface area contributed by atoms with Crippen molar-refractivity contribution < 1.29 is 0 Å². The quantitative estimate of drug-likeness (QED) is 0.121. The Morgan fingerprint density at radius 3 is 1.57 bits per heavy atom. The molecule has 3 heteroatoms. The normalized spacial score (nSPS) is 17.4. The molecule has 0 saturated carbocycles. The highest BCUT2D eigenvalue weighted by Gasteiger charge is 2.49. The zero-order chi connectivity index (χ0) is 54.5. The smallest absolute Gasteiger partial charge is 0.252 e. The second kappa shape index (κ2) is 17.3. The standard InChI is InChI=1S/C74H79BN2/c1-46-35-66-68-67(36-46)77(63-34-30-53(70(6,7)8)41-55(63)50-27-31-56-57(39-50)72(11,12)44-71(56,9)10)65-43-59-58(73(13,14)45-74(59,15)16)42-61(65)75(68)60-40-51(54(49-25-21-18-22-26-49)38-48-23-19-17-20-24-48)28-32-64(60)76(66)62-33-29-52(37-47(62)2)69(3,4)5/h17-43H,44-45H2,1-16H3/b54-38-. The minimum absolute atomic E-state index is 0.00418. The summed E-state index contributed by atoms with van der Waals surface area (Å²) in [7, 11) is 0. The zero-order valence-corrected chi connectivity index (χ0v) is 49.0. The van der Waals surface area contributed by atoms with E-state index in [0.717, 1.165) is 12.8 Å². The Morgan fingerprint density at radius 2 is 0.961 bits per heavy atom. The largest absolute Gasteiger partial charge is 0.311 e. The van der Waals surface area contributed by atoms with Gasteiger partial charge in [-0.3, -0.25) is 0 Å². The summed E-state index contributed by atoms with van der Waals surface area (Å²) in [6.45, 7) is 38.3. The first-order valence-electron chi connectivity index (χ1n) is 28.5. The molecule has 8 aromatic carbocycles. The molecule has 2 aliphatic heterocycles. The van der Waals surface area contributed by atoms with Gasteiger partial charge < -0.3 is 9.80 Å². The maximum absolute atomic E-state index is 2.72. The van der Waals surface area contributed by atoms with E-state index in [9.17, 15) is 0 Å². The lowest BCUT2D eigenvalue weighted by atomic mass is 9.33. The molecular weight excluding hydrogens is 928 g/mol. The minimum atomic E-state index is -0.0506. The highest BCUT2D eigenvalue weighted by atomic mass is 15.2. The van der Waals surface area contributed by atoms with Crippen LogP contribution in [0.5, 0.6) is 0 Å². The molecule has 0 atom stereocenters. The monoisotopic (exact) mass is 1010 g/mol. The van der Waals surface area contributed by atoms with Crippen LogP contribution in [0.25, 0.3) is 22.8 Å². The van der Waals surface area contributed by atoms with Crippen LogP contribution in [0, 0.1) is 13.8 Å². The number of benzene rings is 8. The van der Waals surface area contributed by atoms with E-state index in [1.165, 1.54) is 128 Å². The summed E-state index contributed by atoms with van der Waals surface area (Å²) in [6, 6.07) is 61.7. The minimum Gasteiger partial charge on any atom is -0.311 e. The Labute approximate surface area is 462 Å². The molecule has 2 heterocycles. The molecule has 8 aromatic rings. The van der Waals surface area contributed by atoms with Crippen molar-refractivity contribution in [2.24, 2.45) is 0 Å². The van der Waals surface area contributed by atoms with Crippen LogP contribution < -0.4 is 26.2 Å². The van der Waals surface area contributed by atoms with E-state index < -0.39 is 0 Å². The van der Waals surface area contributed by atoms with Gasteiger partial charge in [-0.2, -0.15) is 0 Å². The highest BCUT2D eigenvalue weighted by Crippen LogP contribution is 2.55. The molecule has 0 spiro atoms. The number of hydrogen-bond acceptors (Lipinski definition) is 2. The van der Waals surface area contributed by atoms with E-state index in [-0.39, 0.29) is 39.2 Å². The second-order valence-electron chi connectivity index (χ2n) is 28.3. The molecule has 0 fully saturated rings. The second-order valence-corrected chi connectivity index (χ2v) is 28.3. The molecule has 12 rings (SSSR count). The van der Waals surface area contributed by atoms with Crippen LogP contribution in [0.4, 0.5) is 34.1 Å². The van der Waals surface area contributed by atoms with E-state index in [1.54, 1.807) is 0 Å². The molecule has 2 aliphatic carbocycles. The average molecular weight is 1010 g/mol. The zero-order valence-electron chi connectivity index (χ0n) is 49.0. The molecule has 0 radical (unpaired) electrons. The molecule has 4 aliphatic rings. The van der Waals surface area contributed by atoms with Gasteiger partial charge in [0.2, 0.25) is 0 Å². The van der Waals surface area contributed by atoms with E-state index in [4.69, 9.17) is 0 Å². The van der Waals surface area contributed by atoms with Crippen molar-refractivity contribution in [1.82, 2.24) is 0 Å². The molecule has 0 unspecified atom stereocenters. The Kier molecular flexibility index (Phi) is 11.5. The number of hydrogen-bond donors (Lipinski definition) is 0. The molecule has 2 nitrogen and oxygen atoms in total. The summed E-state index contributed by atoms with van der Waals surface area (Å²) in [5.41, 5.74) is 30.2. The van der Waals surface area contributed by atoms with Gasteiger partial charge in [0, 0.05) is 34.0 Å². The predicted octanol–water partition coefficient (Wildman–Crippen LogP) is 18.2. The van der Waals surface area contributed by atoms with Crippen molar-refractivity contribution in [2.45, 2.75) is 156 Å².